The van der Waals surface area contributed by atoms with Gasteiger partial charge in [-0.1, -0.05) is 79.6 Å². The van der Waals surface area contributed by atoms with Crippen LogP contribution >= 0.6 is 23.4 Å². The first-order chi connectivity index (χ1) is 14.4. The molecular weight excluding hydrogens is 420 g/mol. The average molecular weight is 447 g/mol. The third-order valence-electron chi connectivity index (χ3n) is 5.92. The second-order valence-corrected chi connectivity index (χ2v) is 9.13. The van der Waals surface area contributed by atoms with Gasteiger partial charge in [0, 0.05) is 28.2 Å². The smallest absolute Gasteiger partial charge is 0.304 e. The molecule has 1 aromatic rings. The first kappa shape index (κ1) is 22.5. The molecule has 3 rings (SSSR count). The summed E-state index contributed by atoms with van der Waals surface area (Å²) in [6, 6.07) is 7.27. The van der Waals surface area contributed by atoms with Crippen molar-refractivity contribution in [2.24, 2.45) is 23.5 Å². The molecule has 5 nitrogen and oxygen atoms in total. The third kappa shape index (κ3) is 5.29. The number of allylic oxidation sites excluding steroid dienone is 1. The molecule has 160 valence electrons. The number of carboxylic acid groups (broad SMARTS) is 1. The van der Waals surface area contributed by atoms with Gasteiger partial charge < -0.3 is 15.7 Å². The van der Waals surface area contributed by atoms with E-state index in [1.165, 1.54) is 11.8 Å². The lowest BCUT2D eigenvalue weighted by molar-refractivity contribution is -0.146. The minimum absolute atomic E-state index is 0.0583. The molecule has 1 aliphatic heterocycles. The fourth-order valence-electron chi connectivity index (χ4n) is 4.07. The van der Waals surface area contributed by atoms with E-state index in [1.807, 2.05) is 24.3 Å². The normalized spacial score (nSPS) is 24.0. The second kappa shape index (κ2) is 10.2. The van der Waals surface area contributed by atoms with Crippen molar-refractivity contribution in [3.8, 4) is 0 Å². The van der Waals surface area contributed by atoms with Gasteiger partial charge in [0.25, 0.3) is 0 Å². The number of carbonyl (C=O) groups is 2. The Hall–Kier alpha value is -2.18. The average Bonchev–Trinajstić information content (AvgIpc) is 2.66. The molecule has 30 heavy (non-hydrogen) atoms. The predicted molar refractivity (Wildman–Crippen MR) is 122 cm³/mol. The number of halogens is 1. The Bertz CT molecular complexity index is 879. The first-order valence-corrected chi connectivity index (χ1v) is 11.4. The van der Waals surface area contributed by atoms with Crippen molar-refractivity contribution < 1.29 is 14.7 Å². The first-order valence-electron chi connectivity index (χ1n) is 10.1. The lowest BCUT2D eigenvalue weighted by Gasteiger charge is -2.40. The van der Waals surface area contributed by atoms with Crippen LogP contribution in [0.15, 0.2) is 53.4 Å². The molecule has 2 aliphatic rings. The number of benzene rings is 1. The van der Waals surface area contributed by atoms with Crippen LogP contribution in [0.25, 0.3) is 5.70 Å². The lowest BCUT2D eigenvalue weighted by atomic mass is 9.67. The van der Waals surface area contributed by atoms with E-state index in [2.05, 4.69) is 12.7 Å². The highest BCUT2D eigenvalue weighted by molar-refractivity contribution is 8.05. The molecule has 1 saturated carbocycles. The van der Waals surface area contributed by atoms with Crippen molar-refractivity contribution >= 4 is 40.9 Å². The van der Waals surface area contributed by atoms with E-state index >= 15 is 0 Å². The Balaban J connectivity index is 1.78. The maximum absolute atomic E-state index is 13.4. The minimum atomic E-state index is -0.941. The maximum atomic E-state index is 13.4. The Labute approximate surface area is 186 Å². The van der Waals surface area contributed by atoms with Crippen molar-refractivity contribution in [1.29, 1.82) is 0 Å². The van der Waals surface area contributed by atoms with Crippen molar-refractivity contribution in [3.05, 3.63) is 64.0 Å². The monoisotopic (exact) mass is 446 g/mol. The lowest BCUT2D eigenvalue weighted by Crippen LogP contribution is -2.43. The van der Waals surface area contributed by atoms with Gasteiger partial charge in [0.2, 0.25) is 5.91 Å². The largest absolute Gasteiger partial charge is 0.481 e. The van der Waals surface area contributed by atoms with Gasteiger partial charge >= 0.3 is 5.97 Å². The van der Waals surface area contributed by atoms with Gasteiger partial charge in [0.1, 0.15) is 0 Å². The van der Waals surface area contributed by atoms with Crippen LogP contribution in [0.2, 0.25) is 5.02 Å². The van der Waals surface area contributed by atoms with Gasteiger partial charge in [-0.25, -0.2) is 0 Å². The zero-order valence-corrected chi connectivity index (χ0v) is 18.4. The zero-order valence-electron chi connectivity index (χ0n) is 16.8. The second-order valence-electron chi connectivity index (χ2n) is 7.78. The summed E-state index contributed by atoms with van der Waals surface area (Å²) >= 11 is 7.44. The molecule has 0 bridgehead atoms. The van der Waals surface area contributed by atoms with E-state index < -0.39 is 11.9 Å². The fraction of sp³-hybridized carbons (Fsp3) is 0.391. The molecular formula is C23H27ClN2O3S. The van der Waals surface area contributed by atoms with Crippen LogP contribution in [0.3, 0.4) is 0 Å². The molecule has 3 N–H and O–H groups in total. The third-order valence-corrected chi connectivity index (χ3v) is 7.11. The summed E-state index contributed by atoms with van der Waals surface area (Å²) in [7, 11) is 0. The van der Waals surface area contributed by atoms with Crippen molar-refractivity contribution in [2.75, 3.05) is 6.54 Å². The number of amides is 1. The number of hydrogen-bond donors (Lipinski definition) is 2. The zero-order chi connectivity index (χ0) is 21.7. The van der Waals surface area contributed by atoms with Crippen molar-refractivity contribution in [1.82, 2.24) is 4.90 Å². The molecule has 2 atom stereocenters. The highest BCUT2D eigenvalue weighted by atomic mass is 35.5. The molecule has 1 aromatic carbocycles. The molecule has 1 fully saturated rings. The van der Waals surface area contributed by atoms with Crippen LogP contribution in [0, 0.1) is 17.8 Å². The molecule has 1 aliphatic carbocycles. The summed E-state index contributed by atoms with van der Waals surface area (Å²) in [5.74, 6) is -1.17. The van der Waals surface area contributed by atoms with Crippen LogP contribution in [-0.2, 0) is 9.59 Å². The summed E-state index contributed by atoms with van der Waals surface area (Å²) in [5, 5.41) is 12.2. The number of rotatable bonds is 7. The molecule has 1 heterocycles. The summed E-state index contributed by atoms with van der Waals surface area (Å²) in [6.07, 6.45) is 7.92. The summed E-state index contributed by atoms with van der Waals surface area (Å²) in [4.78, 5) is 26.5. The number of carbonyl (C=O) groups excluding carboxylic acids is 1. The number of aliphatic carboxylic acids is 1. The van der Waals surface area contributed by atoms with Crippen LogP contribution < -0.4 is 5.73 Å². The van der Waals surface area contributed by atoms with Gasteiger partial charge in [-0.15, -0.1) is 0 Å². The molecule has 7 heteroatoms. The topological polar surface area (TPSA) is 83.6 Å². The van der Waals surface area contributed by atoms with Crippen LogP contribution in [0.4, 0.5) is 0 Å². The predicted octanol–water partition coefficient (Wildman–Crippen LogP) is 5.10. The van der Waals surface area contributed by atoms with Crippen LogP contribution in [0.5, 0.6) is 0 Å². The van der Waals surface area contributed by atoms with Crippen molar-refractivity contribution in [3.63, 3.8) is 0 Å². The van der Waals surface area contributed by atoms with E-state index in [4.69, 9.17) is 17.3 Å². The Morgan fingerprint density at radius 2 is 2.07 bits per heavy atom. The Morgan fingerprint density at radius 1 is 1.33 bits per heavy atom. The van der Waals surface area contributed by atoms with Crippen molar-refractivity contribution in [2.45, 2.75) is 32.1 Å². The maximum Gasteiger partial charge on any atom is 0.304 e. The van der Waals surface area contributed by atoms with Gasteiger partial charge in [0.05, 0.1) is 17.4 Å². The summed E-state index contributed by atoms with van der Waals surface area (Å²) in [5.41, 5.74) is 7.36. The van der Waals surface area contributed by atoms with E-state index in [1.54, 1.807) is 16.4 Å². The standard InChI is InChI=1S/C23H27ClN2O3S/c1-15(30-14-21(25)18-10-2-3-11-20(18)24)26-12-5-4-9-17(16-7-6-8-16)19(23(26)29)13-22(27)28/h2-5,10-11,14,16-17,19H,1,6-9,12-13,25H2,(H,27,28)/b5-4-,21-14-/t17-,19+/m1/s1. The van der Waals surface area contributed by atoms with Gasteiger partial charge in [0.15, 0.2) is 0 Å². The van der Waals surface area contributed by atoms with Crippen LogP contribution in [0.1, 0.15) is 37.7 Å². The fourth-order valence-corrected chi connectivity index (χ4v) is 4.99. The van der Waals surface area contributed by atoms with Crippen LogP contribution in [-0.4, -0.2) is 28.4 Å². The molecule has 0 unspecified atom stereocenters. The molecule has 1 amide bonds. The molecule has 0 saturated heterocycles. The van der Waals surface area contributed by atoms with E-state index in [9.17, 15) is 14.7 Å². The molecule has 0 spiro atoms. The minimum Gasteiger partial charge on any atom is -0.481 e. The summed E-state index contributed by atoms with van der Waals surface area (Å²) < 4.78 is 0. The van der Waals surface area contributed by atoms with Gasteiger partial charge in [-0.2, -0.15) is 0 Å². The number of nitrogens with zero attached hydrogens (tertiary/aromatic N) is 1. The molecule has 0 radical (unpaired) electrons. The Morgan fingerprint density at radius 3 is 2.70 bits per heavy atom. The van der Waals surface area contributed by atoms with Gasteiger partial charge in [-0.3, -0.25) is 9.59 Å². The SMILES string of the molecule is C=C(S/C=C(\N)c1ccccc1Cl)N1C/C=C\C[C@H](C2CCC2)[C@H](CC(=O)O)C1=O. The quantitative estimate of drug-likeness (QED) is 0.569. The highest BCUT2D eigenvalue weighted by Gasteiger charge is 2.40. The summed E-state index contributed by atoms with van der Waals surface area (Å²) in [6.45, 7) is 4.43. The van der Waals surface area contributed by atoms with E-state index in [0.29, 0.717) is 33.8 Å². The van der Waals surface area contributed by atoms with E-state index in [-0.39, 0.29) is 18.2 Å². The number of nitrogens with two attached hydrogens (primary N) is 1. The number of hydrogen-bond acceptors (Lipinski definition) is 4. The van der Waals surface area contributed by atoms with Gasteiger partial charge in [-0.05, 0) is 24.3 Å². The highest BCUT2D eigenvalue weighted by Crippen LogP contribution is 2.42. The number of thioether (sulfide) groups is 1. The van der Waals surface area contributed by atoms with E-state index in [0.717, 1.165) is 25.7 Å². The Kier molecular flexibility index (Phi) is 7.67. The molecule has 0 aromatic heterocycles. The number of carboxylic acids is 1.